The molecule has 1 aromatic heterocycles. The van der Waals surface area contributed by atoms with Crippen LogP contribution in [0.5, 0.6) is 17.2 Å². The highest BCUT2D eigenvalue weighted by Crippen LogP contribution is 2.38. The van der Waals surface area contributed by atoms with Crippen molar-refractivity contribution in [2.75, 3.05) is 28.4 Å². The van der Waals surface area contributed by atoms with Crippen molar-refractivity contribution in [2.24, 2.45) is 0 Å². The Labute approximate surface area is 139 Å². The van der Waals surface area contributed by atoms with Crippen LogP contribution < -0.4 is 14.2 Å². The fourth-order valence-corrected chi connectivity index (χ4v) is 2.86. The minimum atomic E-state index is -0.331. The Morgan fingerprint density at radius 1 is 0.957 bits per heavy atom. The lowest BCUT2D eigenvalue weighted by molar-refractivity contribution is 0.0606. The van der Waals surface area contributed by atoms with E-state index in [4.69, 9.17) is 18.9 Å². The van der Waals surface area contributed by atoms with Gasteiger partial charge in [0.15, 0.2) is 11.5 Å². The molecule has 0 aliphatic rings. The predicted octanol–water partition coefficient (Wildman–Crippen LogP) is 3.73. The highest BCUT2D eigenvalue weighted by atomic mass is 32.1. The maximum absolute atomic E-state index is 11.5. The van der Waals surface area contributed by atoms with Crippen LogP contribution in [-0.2, 0) is 4.74 Å². The molecular weight excluding hydrogens is 316 g/mol. The van der Waals surface area contributed by atoms with Crippen LogP contribution in [0.2, 0.25) is 0 Å². The van der Waals surface area contributed by atoms with E-state index in [9.17, 15) is 4.79 Å². The minimum absolute atomic E-state index is 0.331. The van der Waals surface area contributed by atoms with E-state index in [1.165, 1.54) is 18.4 Å². The molecule has 0 atom stereocenters. The van der Waals surface area contributed by atoms with Gasteiger partial charge in [-0.3, -0.25) is 0 Å². The van der Waals surface area contributed by atoms with Crippen LogP contribution in [0.3, 0.4) is 0 Å². The van der Waals surface area contributed by atoms with Crippen LogP contribution in [0.4, 0.5) is 0 Å². The van der Waals surface area contributed by atoms with E-state index in [-0.39, 0.29) is 5.97 Å². The summed E-state index contributed by atoms with van der Waals surface area (Å²) in [5, 5.41) is 0. The molecule has 0 bridgehead atoms. The maximum Gasteiger partial charge on any atom is 0.348 e. The normalized spacial score (nSPS) is 10.6. The Bertz CT molecular complexity index is 693. The molecule has 0 aliphatic carbocycles. The highest BCUT2D eigenvalue weighted by molar-refractivity contribution is 7.14. The molecule has 0 saturated carbocycles. The van der Waals surface area contributed by atoms with Crippen molar-refractivity contribution >= 4 is 29.5 Å². The average Bonchev–Trinajstić information content (AvgIpc) is 3.07. The number of hydrogen-bond donors (Lipinski definition) is 0. The van der Waals surface area contributed by atoms with Gasteiger partial charge in [0.05, 0.1) is 28.4 Å². The molecule has 0 saturated heterocycles. The second-order valence-corrected chi connectivity index (χ2v) is 5.60. The zero-order valence-corrected chi connectivity index (χ0v) is 14.2. The summed E-state index contributed by atoms with van der Waals surface area (Å²) in [5.41, 5.74) is 0.896. The van der Waals surface area contributed by atoms with Crippen LogP contribution in [0.15, 0.2) is 24.3 Å². The van der Waals surface area contributed by atoms with Crippen LogP contribution in [0, 0.1) is 0 Å². The Morgan fingerprint density at radius 2 is 1.61 bits per heavy atom. The van der Waals surface area contributed by atoms with Gasteiger partial charge in [-0.1, -0.05) is 6.08 Å². The zero-order chi connectivity index (χ0) is 16.8. The number of carbonyl (C=O) groups is 1. The van der Waals surface area contributed by atoms with Crippen molar-refractivity contribution < 1.29 is 23.7 Å². The van der Waals surface area contributed by atoms with E-state index < -0.39 is 0 Å². The molecule has 6 heteroatoms. The molecule has 1 aromatic carbocycles. The number of benzene rings is 1. The standard InChI is InChI=1S/C17H18O5S/c1-19-13-9-11(10-14(20-2)16(13)21-3)5-6-12-7-8-15(23-12)17(18)22-4/h5-10H,1-4H3/b6-5+. The van der Waals surface area contributed by atoms with Gasteiger partial charge in [-0.05, 0) is 35.9 Å². The highest BCUT2D eigenvalue weighted by Gasteiger charge is 2.12. The van der Waals surface area contributed by atoms with Crippen LogP contribution in [0.1, 0.15) is 20.1 Å². The van der Waals surface area contributed by atoms with E-state index in [2.05, 4.69) is 0 Å². The van der Waals surface area contributed by atoms with Crippen LogP contribution >= 0.6 is 11.3 Å². The second kappa shape index (κ2) is 7.69. The Kier molecular flexibility index (Phi) is 5.65. The number of esters is 1. The van der Waals surface area contributed by atoms with E-state index in [1.807, 2.05) is 30.4 Å². The molecule has 1 heterocycles. The van der Waals surface area contributed by atoms with Gasteiger partial charge >= 0.3 is 5.97 Å². The van der Waals surface area contributed by atoms with Gasteiger partial charge in [-0.25, -0.2) is 4.79 Å². The third-order valence-electron chi connectivity index (χ3n) is 3.14. The van der Waals surface area contributed by atoms with Crippen LogP contribution in [0.25, 0.3) is 12.2 Å². The molecular formula is C17H18O5S. The molecule has 2 aromatic rings. The maximum atomic E-state index is 11.5. The van der Waals surface area contributed by atoms with Crippen molar-refractivity contribution in [1.29, 1.82) is 0 Å². The molecule has 0 fully saturated rings. The molecule has 5 nitrogen and oxygen atoms in total. The van der Waals surface area contributed by atoms with Crippen molar-refractivity contribution in [3.8, 4) is 17.2 Å². The van der Waals surface area contributed by atoms with Gasteiger partial charge in [0.2, 0.25) is 5.75 Å². The summed E-state index contributed by atoms with van der Waals surface area (Å²) < 4.78 is 20.6. The Morgan fingerprint density at radius 3 is 2.13 bits per heavy atom. The van der Waals surface area contributed by atoms with E-state index in [1.54, 1.807) is 27.4 Å². The SMILES string of the molecule is COC(=O)c1ccc(/C=C/c2cc(OC)c(OC)c(OC)c2)s1. The monoisotopic (exact) mass is 334 g/mol. The van der Waals surface area contributed by atoms with Gasteiger partial charge < -0.3 is 18.9 Å². The van der Waals surface area contributed by atoms with Crippen LogP contribution in [-0.4, -0.2) is 34.4 Å². The summed E-state index contributed by atoms with van der Waals surface area (Å²) in [7, 11) is 6.09. The number of thiophene rings is 1. The Balaban J connectivity index is 2.28. The molecule has 0 spiro atoms. The van der Waals surface area contributed by atoms with Gasteiger partial charge in [0, 0.05) is 4.88 Å². The van der Waals surface area contributed by atoms with E-state index in [0.717, 1.165) is 10.4 Å². The third kappa shape index (κ3) is 3.84. The van der Waals surface area contributed by atoms with Gasteiger partial charge in [0.1, 0.15) is 4.88 Å². The quantitative estimate of drug-likeness (QED) is 0.754. The summed E-state index contributed by atoms with van der Waals surface area (Å²) in [5.74, 6) is 1.40. The first kappa shape index (κ1) is 16.9. The molecule has 2 rings (SSSR count). The minimum Gasteiger partial charge on any atom is -0.493 e. The summed E-state index contributed by atoms with van der Waals surface area (Å²) in [6.45, 7) is 0. The first-order valence-electron chi connectivity index (χ1n) is 6.79. The molecule has 0 N–H and O–H groups in total. The smallest absolute Gasteiger partial charge is 0.348 e. The largest absolute Gasteiger partial charge is 0.493 e. The van der Waals surface area contributed by atoms with Gasteiger partial charge in [-0.2, -0.15) is 0 Å². The number of ether oxygens (including phenoxy) is 4. The second-order valence-electron chi connectivity index (χ2n) is 4.49. The van der Waals surface area contributed by atoms with E-state index in [0.29, 0.717) is 22.1 Å². The Hall–Kier alpha value is -2.47. The van der Waals surface area contributed by atoms with Crippen molar-refractivity contribution in [3.05, 3.63) is 39.6 Å². The molecule has 0 unspecified atom stereocenters. The first-order chi connectivity index (χ1) is 11.1. The molecule has 0 amide bonds. The average molecular weight is 334 g/mol. The first-order valence-corrected chi connectivity index (χ1v) is 7.60. The summed E-state index contributed by atoms with van der Waals surface area (Å²) in [6, 6.07) is 7.32. The lowest BCUT2D eigenvalue weighted by Crippen LogP contribution is -1.96. The fourth-order valence-electron chi connectivity index (χ4n) is 2.03. The summed E-state index contributed by atoms with van der Waals surface area (Å²) in [4.78, 5) is 13.0. The lowest BCUT2D eigenvalue weighted by Gasteiger charge is -2.12. The fraction of sp³-hybridized carbons (Fsp3) is 0.235. The van der Waals surface area contributed by atoms with E-state index >= 15 is 0 Å². The number of hydrogen-bond acceptors (Lipinski definition) is 6. The summed E-state index contributed by atoms with van der Waals surface area (Å²) in [6.07, 6.45) is 3.83. The number of methoxy groups -OCH3 is 4. The predicted molar refractivity (Wildman–Crippen MR) is 90.7 cm³/mol. The van der Waals surface area contributed by atoms with Crippen molar-refractivity contribution in [1.82, 2.24) is 0 Å². The van der Waals surface area contributed by atoms with Gasteiger partial charge in [-0.15, -0.1) is 11.3 Å². The number of carbonyl (C=O) groups excluding carboxylic acids is 1. The zero-order valence-electron chi connectivity index (χ0n) is 13.4. The molecule has 122 valence electrons. The molecule has 0 radical (unpaired) electrons. The number of rotatable bonds is 6. The molecule has 23 heavy (non-hydrogen) atoms. The third-order valence-corrected chi connectivity index (χ3v) is 4.17. The van der Waals surface area contributed by atoms with Gasteiger partial charge in [0.25, 0.3) is 0 Å². The summed E-state index contributed by atoms with van der Waals surface area (Å²) >= 11 is 1.36. The topological polar surface area (TPSA) is 54.0 Å². The lowest BCUT2D eigenvalue weighted by atomic mass is 10.1. The molecule has 0 aliphatic heterocycles. The van der Waals surface area contributed by atoms with Crippen molar-refractivity contribution in [2.45, 2.75) is 0 Å². The van der Waals surface area contributed by atoms with Crippen molar-refractivity contribution in [3.63, 3.8) is 0 Å².